The standard InChI is InChI=1S/C21H29NO3/c1-2-3-6-18-13-22(14-20(25-18)15-7-8-15)21(23)17-9-10-19-16(12-17)5-4-11-24-19/h9-10,12,15,18,20H,2-8,11,13-14H2,1H3/t18-,20-/m1/s1. The van der Waals surface area contributed by atoms with E-state index in [2.05, 4.69) is 6.92 Å². The van der Waals surface area contributed by atoms with Crippen LogP contribution in [0.25, 0.3) is 0 Å². The number of carbonyl (C=O) groups is 1. The van der Waals surface area contributed by atoms with Crippen LogP contribution in [0.5, 0.6) is 5.75 Å². The number of carbonyl (C=O) groups excluding carboxylic acids is 1. The number of nitrogens with zero attached hydrogens (tertiary/aromatic N) is 1. The van der Waals surface area contributed by atoms with Gasteiger partial charge >= 0.3 is 0 Å². The van der Waals surface area contributed by atoms with Gasteiger partial charge < -0.3 is 14.4 Å². The molecule has 4 nitrogen and oxygen atoms in total. The fourth-order valence-corrected chi connectivity index (χ4v) is 4.03. The van der Waals surface area contributed by atoms with E-state index in [4.69, 9.17) is 9.47 Å². The third-order valence-electron chi connectivity index (χ3n) is 5.66. The van der Waals surface area contributed by atoms with Crippen molar-refractivity contribution in [3.63, 3.8) is 0 Å². The first-order valence-corrected chi connectivity index (χ1v) is 9.95. The Labute approximate surface area is 150 Å². The maximum Gasteiger partial charge on any atom is 0.254 e. The van der Waals surface area contributed by atoms with Crippen LogP contribution in [0.3, 0.4) is 0 Å². The highest BCUT2D eigenvalue weighted by Gasteiger charge is 2.39. The fraction of sp³-hybridized carbons (Fsp3) is 0.667. The highest BCUT2D eigenvalue weighted by Crippen LogP contribution is 2.37. The van der Waals surface area contributed by atoms with Crippen molar-refractivity contribution in [1.82, 2.24) is 4.90 Å². The molecule has 0 aromatic heterocycles. The van der Waals surface area contributed by atoms with Gasteiger partial charge in [0.25, 0.3) is 5.91 Å². The molecule has 2 heterocycles. The molecule has 3 aliphatic rings. The van der Waals surface area contributed by atoms with Gasteiger partial charge in [0.1, 0.15) is 5.75 Å². The molecule has 0 radical (unpaired) electrons. The Balaban J connectivity index is 1.49. The van der Waals surface area contributed by atoms with Crippen molar-refractivity contribution in [2.45, 2.75) is 64.1 Å². The molecule has 25 heavy (non-hydrogen) atoms. The Bertz CT molecular complexity index is 626. The molecule has 1 amide bonds. The van der Waals surface area contributed by atoms with E-state index in [1.807, 2.05) is 23.1 Å². The Morgan fingerprint density at radius 2 is 2.16 bits per heavy atom. The van der Waals surface area contributed by atoms with Crippen LogP contribution in [0.2, 0.25) is 0 Å². The lowest BCUT2D eigenvalue weighted by Crippen LogP contribution is -2.50. The minimum absolute atomic E-state index is 0.156. The number of morpholine rings is 1. The molecule has 0 spiro atoms. The van der Waals surface area contributed by atoms with Gasteiger partial charge in [0.15, 0.2) is 0 Å². The van der Waals surface area contributed by atoms with E-state index in [-0.39, 0.29) is 18.1 Å². The van der Waals surface area contributed by atoms with Crippen molar-refractivity contribution in [3.05, 3.63) is 29.3 Å². The zero-order chi connectivity index (χ0) is 17.2. The van der Waals surface area contributed by atoms with Gasteiger partial charge in [-0.15, -0.1) is 0 Å². The summed E-state index contributed by atoms with van der Waals surface area (Å²) >= 11 is 0. The second-order valence-corrected chi connectivity index (χ2v) is 7.76. The predicted octanol–water partition coefficient (Wildman–Crippen LogP) is 3.82. The molecule has 1 aromatic rings. The Morgan fingerprint density at radius 1 is 1.28 bits per heavy atom. The highest BCUT2D eigenvalue weighted by molar-refractivity contribution is 5.94. The first-order valence-electron chi connectivity index (χ1n) is 9.95. The van der Waals surface area contributed by atoms with E-state index >= 15 is 0 Å². The molecule has 1 aliphatic carbocycles. The molecule has 4 heteroatoms. The molecule has 0 N–H and O–H groups in total. The van der Waals surface area contributed by atoms with Gasteiger partial charge in [-0.25, -0.2) is 0 Å². The minimum atomic E-state index is 0.156. The summed E-state index contributed by atoms with van der Waals surface area (Å²) in [5, 5.41) is 0. The van der Waals surface area contributed by atoms with Gasteiger partial charge in [0.2, 0.25) is 0 Å². The molecule has 2 fully saturated rings. The number of benzene rings is 1. The maximum absolute atomic E-state index is 13.1. The summed E-state index contributed by atoms with van der Waals surface area (Å²) in [4.78, 5) is 15.2. The number of amides is 1. The molecule has 0 unspecified atom stereocenters. The number of hydrogen-bond donors (Lipinski definition) is 0. The van der Waals surface area contributed by atoms with E-state index in [0.717, 1.165) is 50.3 Å². The quantitative estimate of drug-likeness (QED) is 0.816. The topological polar surface area (TPSA) is 38.8 Å². The van der Waals surface area contributed by atoms with Crippen molar-refractivity contribution in [3.8, 4) is 5.75 Å². The summed E-state index contributed by atoms with van der Waals surface area (Å²) in [5.41, 5.74) is 1.97. The number of aryl methyl sites for hydroxylation is 1. The van der Waals surface area contributed by atoms with Crippen LogP contribution < -0.4 is 4.74 Å². The number of hydrogen-bond acceptors (Lipinski definition) is 3. The summed E-state index contributed by atoms with van der Waals surface area (Å²) in [6, 6.07) is 5.93. The predicted molar refractivity (Wildman–Crippen MR) is 97.1 cm³/mol. The Hall–Kier alpha value is -1.55. The normalized spacial score (nSPS) is 26.0. The van der Waals surface area contributed by atoms with Crippen LogP contribution >= 0.6 is 0 Å². The molecule has 2 atom stereocenters. The van der Waals surface area contributed by atoms with E-state index < -0.39 is 0 Å². The second kappa shape index (κ2) is 7.36. The van der Waals surface area contributed by atoms with Gasteiger partial charge in [-0.3, -0.25) is 4.79 Å². The molecule has 0 bridgehead atoms. The second-order valence-electron chi connectivity index (χ2n) is 7.76. The fourth-order valence-electron chi connectivity index (χ4n) is 4.03. The maximum atomic E-state index is 13.1. The SMILES string of the molecule is CCCC[C@@H]1CN(C(=O)c2ccc3c(c2)CCCO3)C[C@H](C2CC2)O1. The zero-order valence-electron chi connectivity index (χ0n) is 15.2. The average molecular weight is 343 g/mol. The summed E-state index contributed by atoms with van der Waals surface area (Å²) in [6.07, 6.45) is 8.38. The third kappa shape index (κ3) is 3.84. The first kappa shape index (κ1) is 16.9. The lowest BCUT2D eigenvalue weighted by molar-refractivity contribution is -0.0874. The van der Waals surface area contributed by atoms with Crippen LogP contribution in [-0.2, 0) is 11.2 Å². The summed E-state index contributed by atoms with van der Waals surface area (Å²) < 4.78 is 12.0. The molecule has 136 valence electrons. The van der Waals surface area contributed by atoms with Crippen molar-refractivity contribution >= 4 is 5.91 Å². The van der Waals surface area contributed by atoms with E-state index in [0.29, 0.717) is 5.92 Å². The van der Waals surface area contributed by atoms with Gasteiger partial charge in [-0.1, -0.05) is 19.8 Å². The van der Waals surface area contributed by atoms with Gasteiger partial charge in [0.05, 0.1) is 18.8 Å². The van der Waals surface area contributed by atoms with Crippen molar-refractivity contribution in [2.75, 3.05) is 19.7 Å². The van der Waals surface area contributed by atoms with Crippen LogP contribution in [0.4, 0.5) is 0 Å². The first-order chi connectivity index (χ1) is 12.2. The van der Waals surface area contributed by atoms with Crippen molar-refractivity contribution in [1.29, 1.82) is 0 Å². The smallest absolute Gasteiger partial charge is 0.254 e. The van der Waals surface area contributed by atoms with Gasteiger partial charge in [-0.05, 0) is 61.8 Å². The lowest BCUT2D eigenvalue weighted by Gasteiger charge is -2.38. The van der Waals surface area contributed by atoms with Gasteiger partial charge in [-0.2, -0.15) is 0 Å². The van der Waals surface area contributed by atoms with E-state index in [1.165, 1.54) is 31.2 Å². The molecule has 4 rings (SSSR count). The van der Waals surface area contributed by atoms with Gasteiger partial charge in [0, 0.05) is 18.7 Å². The molecule has 1 aromatic carbocycles. The van der Waals surface area contributed by atoms with Crippen LogP contribution in [0.15, 0.2) is 18.2 Å². The van der Waals surface area contributed by atoms with E-state index in [1.54, 1.807) is 0 Å². The highest BCUT2D eigenvalue weighted by atomic mass is 16.5. The number of unbranched alkanes of at least 4 members (excludes halogenated alkanes) is 1. The Kier molecular flexibility index (Phi) is 4.98. The number of rotatable bonds is 5. The minimum Gasteiger partial charge on any atom is -0.493 e. The van der Waals surface area contributed by atoms with Crippen LogP contribution in [-0.4, -0.2) is 42.7 Å². The third-order valence-corrected chi connectivity index (χ3v) is 5.66. The lowest BCUT2D eigenvalue weighted by atomic mass is 10.0. The number of ether oxygens (including phenoxy) is 2. The molecule has 1 saturated carbocycles. The molecular weight excluding hydrogens is 314 g/mol. The molecule has 1 saturated heterocycles. The number of fused-ring (bicyclic) bond motifs is 1. The van der Waals surface area contributed by atoms with Crippen LogP contribution in [0, 0.1) is 5.92 Å². The van der Waals surface area contributed by atoms with Crippen molar-refractivity contribution < 1.29 is 14.3 Å². The van der Waals surface area contributed by atoms with Crippen LogP contribution in [0.1, 0.15) is 61.4 Å². The largest absolute Gasteiger partial charge is 0.493 e. The average Bonchev–Trinajstić information content (AvgIpc) is 3.50. The summed E-state index contributed by atoms with van der Waals surface area (Å²) in [5.74, 6) is 1.77. The Morgan fingerprint density at radius 3 is 2.96 bits per heavy atom. The van der Waals surface area contributed by atoms with E-state index in [9.17, 15) is 4.79 Å². The monoisotopic (exact) mass is 343 g/mol. The van der Waals surface area contributed by atoms with Crippen molar-refractivity contribution in [2.24, 2.45) is 5.92 Å². The molecule has 2 aliphatic heterocycles. The summed E-state index contributed by atoms with van der Waals surface area (Å²) in [7, 11) is 0. The summed E-state index contributed by atoms with van der Waals surface area (Å²) in [6.45, 7) is 4.47. The zero-order valence-corrected chi connectivity index (χ0v) is 15.2. The molecular formula is C21H29NO3.